The summed E-state index contributed by atoms with van der Waals surface area (Å²) in [6, 6.07) is 12.4. The number of nitrogens with zero attached hydrogens (tertiary/aromatic N) is 2. The second-order valence-electron chi connectivity index (χ2n) is 7.09. The van der Waals surface area contributed by atoms with E-state index in [0.29, 0.717) is 43.8 Å². The molecule has 2 aromatic rings. The zero-order valence-electron chi connectivity index (χ0n) is 18.4. The van der Waals surface area contributed by atoms with Gasteiger partial charge in [0.1, 0.15) is 5.82 Å². The molecule has 8 heteroatoms. The SMILES string of the molecule is CCOc1cc(NC(=NC)NCC(c2ccc(F)cc2)N2CCOCC2)ccc1OC. The second-order valence-corrected chi connectivity index (χ2v) is 7.09. The van der Waals surface area contributed by atoms with Crippen molar-refractivity contribution < 1.29 is 18.6 Å². The van der Waals surface area contributed by atoms with Crippen LogP contribution in [0.25, 0.3) is 0 Å². The molecule has 1 unspecified atom stereocenters. The molecule has 0 aliphatic carbocycles. The quantitative estimate of drug-likeness (QED) is 0.495. The zero-order chi connectivity index (χ0) is 22.1. The minimum Gasteiger partial charge on any atom is -0.493 e. The molecule has 31 heavy (non-hydrogen) atoms. The first-order chi connectivity index (χ1) is 15.1. The Bertz CT molecular complexity index is 854. The highest BCUT2D eigenvalue weighted by atomic mass is 19.1. The molecule has 0 spiro atoms. The maximum absolute atomic E-state index is 13.4. The summed E-state index contributed by atoms with van der Waals surface area (Å²) >= 11 is 0. The van der Waals surface area contributed by atoms with Crippen LogP contribution in [-0.4, -0.2) is 64.5 Å². The van der Waals surface area contributed by atoms with Gasteiger partial charge in [-0.1, -0.05) is 12.1 Å². The van der Waals surface area contributed by atoms with Crippen molar-refractivity contribution in [3.8, 4) is 11.5 Å². The summed E-state index contributed by atoms with van der Waals surface area (Å²) in [5.74, 6) is 1.74. The molecule has 0 radical (unpaired) electrons. The lowest BCUT2D eigenvalue weighted by molar-refractivity contribution is 0.0170. The highest BCUT2D eigenvalue weighted by Gasteiger charge is 2.23. The molecule has 2 N–H and O–H groups in total. The predicted octanol–water partition coefficient (Wildman–Crippen LogP) is 3.29. The highest BCUT2D eigenvalue weighted by molar-refractivity contribution is 5.93. The smallest absolute Gasteiger partial charge is 0.195 e. The monoisotopic (exact) mass is 430 g/mol. The van der Waals surface area contributed by atoms with Crippen molar-refractivity contribution in [1.82, 2.24) is 10.2 Å². The standard InChI is InChI=1S/C23H31FN4O3/c1-4-31-22-15-19(9-10-21(22)29-3)27-23(25-2)26-16-20(28-11-13-30-14-12-28)17-5-7-18(24)8-6-17/h5-10,15,20H,4,11-14,16H2,1-3H3,(H2,25,26,27). The van der Waals surface area contributed by atoms with Crippen LogP contribution in [0.15, 0.2) is 47.5 Å². The Labute approximate surface area is 183 Å². The maximum Gasteiger partial charge on any atom is 0.195 e. The number of anilines is 1. The van der Waals surface area contributed by atoms with E-state index in [1.54, 1.807) is 14.2 Å². The summed E-state index contributed by atoms with van der Waals surface area (Å²) in [7, 11) is 3.34. The number of hydrogen-bond acceptors (Lipinski definition) is 5. The maximum atomic E-state index is 13.4. The molecular weight excluding hydrogens is 399 g/mol. The average Bonchev–Trinajstić information content (AvgIpc) is 2.80. The molecule has 1 heterocycles. The number of ether oxygens (including phenoxy) is 3. The molecule has 1 atom stereocenters. The average molecular weight is 431 g/mol. The van der Waals surface area contributed by atoms with Crippen LogP contribution in [0.1, 0.15) is 18.5 Å². The van der Waals surface area contributed by atoms with Crippen LogP contribution in [0.3, 0.4) is 0 Å². The van der Waals surface area contributed by atoms with Gasteiger partial charge >= 0.3 is 0 Å². The van der Waals surface area contributed by atoms with Gasteiger partial charge in [0.05, 0.1) is 33.0 Å². The Balaban J connectivity index is 1.70. The van der Waals surface area contributed by atoms with E-state index in [-0.39, 0.29) is 11.9 Å². The number of hydrogen-bond donors (Lipinski definition) is 2. The molecule has 7 nitrogen and oxygen atoms in total. The minimum atomic E-state index is -0.237. The van der Waals surface area contributed by atoms with Gasteiger partial charge in [-0.25, -0.2) is 4.39 Å². The molecule has 1 fully saturated rings. The summed E-state index contributed by atoms with van der Waals surface area (Å²) < 4.78 is 29.9. The molecule has 168 valence electrons. The minimum absolute atomic E-state index is 0.0675. The molecule has 0 amide bonds. The number of nitrogens with one attached hydrogen (secondary N) is 2. The van der Waals surface area contributed by atoms with Gasteiger partial charge in [0, 0.05) is 38.4 Å². The number of benzene rings is 2. The first-order valence-electron chi connectivity index (χ1n) is 10.5. The van der Waals surface area contributed by atoms with Crippen LogP contribution in [0, 0.1) is 5.82 Å². The summed E-state index contributed by atoms with van der Waals surface area (Å²) in [5.41, 5.74) is 1.89. The van der Waals surface area contributed by atoms with Crippen molar-refractivity contribution in [3.05, 3.63) is 53.8 Å². The third kappa shape index (κ3) is 6.32. The third-order valence-electron chi connectivity index (χ3n) is 5.15. The molecule has 0 bridgehead atoms. The van der Waals surface area contributed by atoms with Crippen molar-refractivity contribution in [2.45, 2.75) is 13.0 Å². The fraction of sp³-hybridized carbons (Fsp3) is 0.435. The largest absolute Gasteiger partial charge is 0.493 e. The Morgan fingerprint density at radius 2 is 1.90 bits per heavy atom. The Hall–Kier alpha value is -2.84. The topological polar surface area (TPSA) is 67.4 Å². The highest BCUT2D eigenvalue weighted by Crippen LogP contribution is 2.30. The lowest BCUT2D eigenvalue weighted by atomic mass is 10.0. The fourth-order valence-electron chi connectivity index (χ4n) is 3.56. The van der Waals surface area contributed by atoms with E-state index >= 15 is 0 Å². The Kier molecular flexibility index (Phi) is 8.49. The number of aliphatic imine (C=N–C) groups is 1. The predicted molar refractivity (Wildman–Crippen MR) is 121 cm³/mol. The van der Waals surface area contributed by atoms with Gasteiger partial charge in [0.25, 0.3) is 0 Å². The summed E-state index contributed by atoms with van der Waals surface area (Å²) in [6.07, 6.45) is 0. The fourth-order valence-corrected chi connectivity index (χ4v) is 3.56. The van der Waals surface area contributed by atoms with Gasteiger partial charge in [-0.05, 0) is 36.8 Å². The van der Waals surface area contributed by atoms with E-state index in [1.807, 2.05) is 37.3 Å². The Morgan fingerprint density at radius 3 is 2.55 bits per heavy atom. The number of guanidine groups is 1. The Morgan fingerprint density at radius 1 is 1.16 bits per heavy atom. The van der Waals surface area contributed by atoms with E-state index < -0.39 is 0 Å². The van der Waals surface area contributed by atoms with Crippen LogP contribution in [-0.2, 0) is 4.74 Å². The zero-order valence-corrected chi connectivity index (χ0v) is 18.4. The summed E-state index contributed by atoms with van der Waals surface area (Å²) in [4.78, 5) is 6.69. The molecular formula is C23H31FN4O3. The third-order valence-corrected chi connectivity index (χ3v) is 5.15. The normalized spacial score (nSPS) is 15.9. The van der Waals surface area contributed by atoms with Gasteiger partial charge < -0.3 is 24.8 Å². The van der Waals surface area contributed by atoms with E-state index in [0.717, 1.165) is 24.3 Å². The van der Waals surface area contributed by atoms with Crippen LogP contribution in [0.2, 0.25) is 0 Å². The summed E-state index contributed by atoms with van der Waals surface area (Å²) in [5, 5.41) is 6.70. The van der Waals surface area contributed by atoms with Gasteiger partial charge in [-0.15, -0.1) is 0 Å². The number of morpholine rings is 1. The summed E-state index contributed by atoms with van der Waals surface area (Å²) in [6.45, 7) is 6.12. The first-order valence-corrected chi connectivity index (χ1v) is 10.5. The van der Waals surface area contributed by atoms with E-state index in [4.69, 9.17) is 14.2 Å². The molecule has 0 aromatic heterocycles. The van der Waals surface area contributed by atoms with Crippen molar-refractivity contribution >= 4 is 11.6 Å². The molecule has 0 saturated carbocycles. The van der Waals surface area contributed by atoms with E-state index in [1.165, 1.54) is 12.1 Å². The van der Waals surface area contributed by atoms with E-state index in [9.17, 15) is 4.39 Å². The number of halogens is 1. The molecule has 1 saturated heterocycles. The van der Waals surface area contributed by atoms with Crippen molar-refractivity contribution in [3.63, 3.8) is 0 Å². The van der Waals surface area contributed by atoms with Gasteiger partial charge in [0.2, 0.25) is 0 Å². The van der Waals surface area contributed by atoms with Crippen LogP contribution in [0.4, 0.5) is 10.1 Å². The number of rotatable bonds is 8. The molecule has 3 rings (SSSR count). The van der Waals surface area contributed by atoms with Crippen molar-refractivity contribution in [2.75, 3.05) is 58.9 Å². The van der Waals surface area contributed by atoms with Gasteiger partial charge in [-0.2, -0.15) is 0 Å². The van der Waals surface area contributed by atoms with Crippen LogP contribution in [0.5, 0.6) is 11.5 Å². The molecule has 1 aliphatic heterocycles. The molecule has 2 aromatic carbocycles. The van der Waals surface area contributed by atoms with E-state index in [2.05, 4.69) is 20.5 Å². The van der Waals surface area contributed by atoms with Gasteiger partial charge in [0.15, 0.2) is 17.5 Å². The number of methoxy groups -OCH3 is 1. The van der Waals surface area contributed by atoms with Crippen molar-refractivity contribution in [1.29, 1.82) is 0 Å². The molecule has 1 aliphatic rings. The van der Waals surface area contributed by atoms with Gasteiger partial charge in [-0.3, -0.25) is 9.89 Å². The van der Waals surface area contributed by atoms with Crippen molar-refractivity contribution in [2.24, 2.45) is 4.99 Å². The lowest BCUT2D eigenvalue weighted by Gasteiger charge is -2.35. The van der Waals surface area contributed by atoms with Crippen LogP contribution < -0.4 is 20.1 Å². The second kappa shape index (κ2) is 11.5. The first kappa shape index (κ1) is 22.8. The lowest BCUT2D eigenvalue weighted by Crippen LogP contribution is -2.44. The van der Waals surface area contributed by atoms with Crippen LogP contribution >= 0.6 is 0 Å².